The molecule has 0 aromatic heterocycles. The molecule has 0 aliphatic rings. The summed E-state index contributed by atoms with van der Waals surface area (Å²) in [6, 6.07) is 22.6. The Bertz CT molecular complexity index is 1050. The lowest BCUT2D eigenvalue weighted by Gasteiger charge is -2.20. The molecule has 3 aromatic carbocycles. The van der Waals surface area contributed by atoms with E-state index in [2.05, 4.69) is 61.6 Å². The van der Waals surface area contributed by atoms with Crippen LogP contribution in [0.2, 0.25) is 0 Å². The number of methoxy groups -OCH3 is 1. The molecule has 3 aromatic rings. The minimum Gasteiger partial charge on any atom is -0.496 e. The predicted molar refractivity (Wildman–Crippen MR) is 133 cm³/mol. The highest BCUT2D eigenvalue weighted by atomic mass is 16.5. The number of nitrogens with one attached hydrogen (secondary N) is 1. The zero-order chi connectivity index (χ0) is 23.6. The summed E-state index contributed by atoms with van der Waals surface area (Å²) in [4.78, 5) is 12.7. The number of hydrogen-bond acceptors (Lipinski definition) is 4. The standard InChI is InChI=1S/C28H34N2O3/c1-20-9-10-23(17-21(20)2)26(22-7-5-4-6-8-22)13-15-30-28(31)18-24-11-12-25(33-16-14-29)19-27(24)32-3/h4-12,17,19,26H,13-16,18,29H2,1-3H3,(H,30,31). The van der Waals surface area contributed by atoms with Gasteiger partial charge < -0.3 is 20.5 Å². The highest BCUT2D eigenvalue weighted by Crippen LogP contribution is 2.29. The molecule has 3 rings (SSSR count). The molecule has 0 radical (unpaired) electrons. The Morgan fingerprint density at radius 3 is 2.45 bits per heavy atom. The van der Waals surface area contributed by atoms with Crippen LogP contribution in [0.3, 0.4) is 0 Å². The maximum Gasteiger partial charge on any atom is 0.224 e. The molecule has 1 atom stereocenters. The molecule has 0 bridgehead atoms. The fourth-order valence-corrected chi connectivity index (χ4v) is 3.92. The Morgan fingerprint density at radius 2 is 1.76 bits per heavy atom. The molecule has 1 amide bonds. The summed E-state index contributed by atoms with van der Waals surface area (Å²) in [5.41, 5.74) is 11.4. The van der Waals surface area contributed by atoms with Crippen LogP contribution in [0, 0.1) is 13.8 Å². The highest BCUT2D eigenvalue weighted by molar-refractivity contribution is 5.79. The van der Waals surface area contributed by atoms with Crippen molar-refractivity contribution in [2.75, 3.05) is 26.8 Å². The Labute approximate surface area is 196 Å². The summed E-state index contributed by atoms with van der Waals surface area (Å²) in [6.45, 7) is 5.74. The minimum absolute atomic E-state index is 0.0316. The van der Waals surface area contributed by atoms with Crippen LogP contribution < -0.4 is 20.5 Å². The number of hydrogen-bond donors (Lipinski definition) is 2. The van der Waals surface area contributed by atoms with Gasteiger partial charge in [0.1, 0.15) is 18.1 Å². The van der Waals surface area contributed by atoms with Crippen LogP contribution in [0.5, 0.6) is 11.5 Å². The smallest absolute Gasteiger partial charge is 0.224 e. The molecule has 0 fully saturated rings. The lowest BCUT2D eigenvalue weighted by molar-refractivity contribution is -0.120. The van der Waals surface area contributed by atoms with E-state index in [9.17, 15) is 4.79 Å². The number of carbonyl (C=O) groups is 1. The van der Waals surface area contributed by atoms with E-state index in [0.717, 1.165) is 12.0 Å². The molecule has 3 N–H and O–H groups in total. The highest BCUT2D eigenvalue weighted by Gasteiger charge is 2.16. The van der Waals surface area contributed by atoms with Gasteiger partial charge in [-0.3, -0.25) is 4.79 Å². The number of nitrogens with two attached hydrogens (primary N) is 1. The summed E-state index contributed by atoms with van der Waals surface area (Å²) >= 11 is 0. The van der Waals surface area contributed by atoms with Crippen LogP contribution in [-0.4, -0.2) is 32.7 Å². The van der Waals surface area contributed by atoms with E-state index in [1.165, 1.54) is 22.3 Å². The average Bonchev–Trinajstić information content (AvgIpc) is 2.83. The monoisotopic (exact) mass is 446 g/mol. The first-order chi connectivity index (χ1) is 16.0. The molecule has 0 spiro atoms. The van der Waals surface area contributed by atoms with Gasteiger partial charge in [-0.25, -0.2) is 0 Å². The van der Waals surface area contributed by atoms with Crippen molar-refractivity contribution in [2.45, 2.75) is 32.6 Å². The number of ether oxygens (including phenoxy) is 2. The third kappa shape index (κ3) is 6.83. The van der Waals surface area contributed by atoms with E-state index in [1.807, 2.05) is 18.2 Å². The minimum atomic E-state index is -0.0316. The molecule has 0 saturated carbocycles. The number of aryl methyl sites for hydroxylation is 2. The Kier molecular flexibility index (Phi) is 8.90. The first-order valence-electron chi connectivity index (χ1n) is 11.4. The van der Waals surface area contributed by atoms with Crippen LogP contribution in [-0.2, 0) is 11.2 Å². The van der Waals surface area contributed by atoms with E-state index >= 15 is 0 Å². The molecule has 0 saturated heterocycles. The van der Waals surface area contributed by atoms with E-state index < -0.39 is 0 Å². The van der Waals surface area contributed by atoms with Crippen molar-refractivity contribution in [1.29, 1.82) is 0 Å². The van der Waals surface area contributed by atoms with Gasteiger partial charge >= 0.3 is 0 Å². The quantitative estimate of drug-likeness (QED) is 0.454. The Hall–Kier alpha value is -3.31. The molecular weight excluding hydrogens is 412 g/mol. The first-order valence-corrected chi connectivity index (χ1v) is 11.4. The molecule has 33 heavy (non-hydrogen) atoms. The van der Waals surface area contributed by atoms with Gasteiger partial charge in [-0.05, 0) is 48.6 Å². The fraction of sp³-hybridized carbons (Fsp3) is 0.321. The van der Waals surface area contributed by atoms with E-state index in [-0.39, 0.29) is 18.2 Å². The summed E-state index contributed by atoms with van der Waals surface area (Å²) in [6.07, 6.45) is 1.07. The van der Waals surface area contributed by atoms with Crippen molar-refractivity contribution in [1.82, 2.24) is 5.32 Å². The van der Waals surface area contributed by atoms with Crippen LogP contribution in [0.25, 0.3) is 0 Å². The van der Waals surface area contributed by atoms with Crippen LogP contribution in [0.4, 0.5) is 0 Å². The zero-order valence-electron chi connectivity index (χ0n) is 19.8. The van der Waals surface area contributed by atoms with E-state index in [1.54, 1.807) is 13.2 Å². The number of amides is 1. The average molecular weight is 447 g/mol. The zero-order valence-corrected chi connectivity index (χ0v) is 19.8. The maximum atomic E-state index is 12.7. The van der Waals surface area contributed by atoms with Gasteiger partial charge in [-0.2, -0.15) is 0 Å². The first kappa shape index (κ1) is 24.3. The lowest BCUT2D eigenvalue weighted by Crippen LogP contribution is -2.27. The van der Waals surface area contributed by atoms with Gasteiger partial charge in [0.05, 0.1) is 13.5 Å². The Morgan fingerprint density at radius 1 is 0.970 bits per heavy atom. The third-order valence-corrected chi connectivity index (χ3v) is 5.89. The van der Waals surface area contributed by atoms with Gasteiger partial charge in [-0.15, -0.1) is 0 Å². The maximum absolute atomic E-state index is 12.7. The molecule has 174 valence electrons. The normalized spacial score (nSPS) is 11.6. The number of benzene rings is 3. The summed E-state index contributed by atoms with van der Waals surface area (Å²) in [5, 5.41) is 3.09. The van der Waals surface area contributed by atoms with Gasteiger partial charge in [-0.1, -0.05) is 54.6 Å². The summed E-state index contributed by atoms with van der Waals surface area (Å²) < 4.78 is 11.0. The van der Waals surface area contributed by atoms with Crippen molar-refractivity contribution in [3.63, 3.8) is 0 Å². The van der Waals surface area contributed by atoms with Gasteiger partial charge in [0.2, 0.25) is 5.91 Å². The van der Waals surface area contributed by atoms with Gasteiger partial charge in [0.15, 0.2) is 0 Å². The predicted octanol–water partition coefficient (Wildman–Crippen LogP) is 4.53. The molecule has 1 unspecified atom stereocenters. The second-order valence-electron chi connectivity index (χ2n) is 8.23. The van der Waals surface area contributed by atoms with Crippen molar-refractivity contribution in [3.8, 4) is 11.5 Å². The largest absolute Gasteiger partial charge is 0.496 e. The van der Waals surface area contributed by atoms with Crippen LogP contribution in [0.15, 0.2) is 66.7 Å². The van der Waals surface area contributed by atoms with Crippen molar-refractivity contribution in [3.05, 3.63) is 94.5 Å². The van der Waals surface area contributed by atoms with Gasteiger partial charge in [0.25, 0.3) is 0 Å². The number of rotatable bonds is 11. The molecule has 5 nitrogen and oxygen atoms in total. The van der Waals surface area contributed by atoms with Gasteiger partial charge in [0, 0.05) is 30.6 Å². The third-order valence-electron chi connectivity index (χ3n) is 5.89. The molecular formula is C28H34N2O3. The van der Waals surface area contributed by atoms with Crippen molar-refractivity contribution in [2.24, 2.45) is 5.73 Å². The van der Waals surface area contributed by atoms with Crippen LogP contribution in [0.1, 0.15) is 40.2 Å². The summed E-state index contributed by atoms with van der Waals surface area (Å²) in [7, 11) is 1.59. The lowest BCUT2D eigenvalue weighted by atomic mass is 9.87. The SMILES string of the molecule is COc1cc(OCCN)ccc1CC(=O)NCCC(c1ccccc1)c1ccc(C)c(C)c1. The molecule has 5 heteroatoms. The second kappa shape index (κ2) is 12.1. The molecule has 0 aliphatic heterocycles. The second-order valence-corrected chi connectivity index (χ2v) is 8.23. The molecule has 0 heterocycles. The number of carbonyl (C=O) groups excluding carboxylic acids is 1. The van der Waals surface area contributed by atoms with Crippen LogP contribution >= 0.6 is 0 Å². The summed E-state index contributed by atoms with van der Waals surface area (Å²) in [5.74, 6) is 1.51. The van der Waals surface area contributed by atoms with E-state index in [0.29, 0.717) is 31.2 Å². The molecule has 0 aliphatic carbocycles. The van der Waals surface area contributed by atoms with Crippen molar-refractivity contribution < 1.29 is 14.3 Å². The fourth-order valence-electron chi connectivity index (χ4n) is 3.92. The van der Waals surface area contributed by atoms with Crippen molar-refractivity contribution >= 4 is 5.91 Å². The Balaban J connectivity index is 1.64. The van der Waals surface area contributed by atoms with E-state index in [4.69, 9.17) is 15.2 Å². The topological polar surface area (TPSA) is 73.6 Å².